The van der Waals surface area contributed by atoms with Gasteiger partial charge in [-0.2, -0.15) is 0 Å². The highest BCUT2D eigenvalue weighted by atomic mass is 32.2. The molecular weight excluding hydrogens is 136 g/mol. The van der Waals surface area contributed by atoms with Crippen LogP contribution in [0.1, 0.15) is 13.8 Å². The summed E-state index contributed by atoms with van der Waals surface area (Å²) in [6, 6.07) is 0. The Labute approximate surface area is 58.3 Å². The van der Waals surface area contributed by atoms with Crippen LogP contribution in [-0.2, 0) is 11.1 Å². The van der Waals surface area contributed by atoms with Crippen molar-refractivity contribution < 1.29 is 8.76 Å². The third-order valence-corrected chi connectivity index (χ3v) is 1.22. The lowest BCUT2D eigenvalue weighted by Gasteiger charge is -1.98. The van der Waals surface area contributed by atoms with Crippen LogP contribution in [0.3, 0.4) is 0 Å². The van der Waals surface area contributed by atoms with Gasteiger partial charge in [0.1, 0.15) is 0 Å². The van der Waals surface area contributed by atoms with Crippen molar-refractivity contribution in [3.05, 3.63) is 12.2 Å². The molecule has 54 valence electrons. The van der Waals surface area contributed by atoms with Gasteiger partial charge in [-0.3, -0.25) is 4.21 Å². The average Bonchev–Trinajstić information content (AvgIpc) is 1.63. The molecule has 0 rings (SSSR count). The smallest absolute Gasteiger partial charge is 0.0282 e. The zero-order valence-corrected chi connectivity index (χ0v) is 6.48. The van der Waals surface area contributed by atoms with Gasteiger partial charge in [0, 0.05) is 5.75 Å². The molecule has 0 aromatic rings. The molecule has 0 aliphatic carbocycles. The van der Waals surface area contributed by atoms with Gasteiger partial charge < -0.3 is 4.55 Å². The maximum Gasteiger partial charge on any atom is 0.0282 e. The minimum atomic E-state index is -1.92. The fourth-order valence-corrected chi connectivity index (χ4v) is 0.675. The zero-order valence-electron chi connectivity index (χ0n) is 5.66. The minimum absolute atomic E-state index is 0.137. The Kier molecular flexibility index (Phi) is 4.62. The second kappa shape index (κ2) is 4.70. The van der Waals surface area contributed by atoms with Gasteiger partial charge >= 0.3 is 0 Å². The maximum absolute atomic E-state index is 9.93. The van der Waals surface area contributed by atoms with Crippen LogP contribution in [0.5, 0.6) is 0 Å². The Morgan fingerprint density at radius 3 is 2.56 bits per heavy atom. The van der Waals surface area contributed by atoms with Crippen LogP contribution < -0.4 is 0 Å². The van der Waals surface area contributed by atoms with E-state index in [0.29, 0.717) is 5.92 Å². The van der Waals surface area contributed by atoms with E-state index < -0.39 is 11.1 Å². The summed E-state index contributed by atoms with van der Waals surface area (Å²) in [5.41, 5.74) is 0. The quantitative estimate of drug-likeness (QED) is 0.442. The first kappa shape index (κ1) is 8.85. The molecule has 0 radical (unpaired) electrons. The largest absolute Gasteiger partial charge is 0.772 e. The van der Waals surface area contributed by atoms with E-state index in [-0.39, 0.29) is 5.75 Å². The van der Waals surface area contributed by atoms with Crippen molar-refractivity contribution >= 4 is 11.1 Å². The second-order valence-corrected chi connectivity index (χ2v) is 3.08. The van der Waals surface area contributed by atoms with Gasteiger partial charge in [0.15, 0.2) is 0 Å². The molecule has 0 aromatic heterocycles. The Bertz CT molecular complexity index is 118. The molecular formula is C6H11O2S-. The SMILES string of the molecule is CC(C)C=CCS(=O)[O-]. The van der Waals surface area contributed by atoms with Crippen LogP contribution in [0.15, 0.2) is 12.2 Å². The monoisotopic (exact) mass is 147 g/mol. The normalized spacial score (nSPS) is 15.1. The highest BCUT2D eigenvalue weighted by Crippen LogP contribution is 1.92. The van der Waals surface area contributed by atoms with E-state index >= 15 is 0 Å². The predicted molar refractivity (Wildman–Crippen MR) is 37.8 cm³/mol. The Morgan fingerprint density at radius 2 is 2.22 bits per heavy atom. The lowest BCUT2D eigenvalue weighted by molar-refractivity contribution is 0.540. The second-order valence-electron chi connectivity index (χ2n) is 2.14. The van der Waals surface area contributed by atoms with E-state index in [1.165, 1.54) is 0 Å². The summed E-state index contributed by atoms with van der Waals surface area (Å²) in [5, 5.41) is 0. The van der Waals surface area contributed by atoms with Crippen LogP contribution >= 0.6 is 0 Å². The van der Waals surface area contributed by atoms with E-state index in [1.54, 1.807) is 6.08 Å². The molecule has 2 nitrogen and oxygen atoms in total. The number of hydrogen-bond donors (Lipinski definition) is 0. The van der Waals surface area contributed by atoms with E-state index in [1.807, 2.05) is 19.9 Å². The zero-order chi connectivity index (χ0) is 7.28. The van der Waals surface area contributed by atoms with Gasteiger partial charge in [-0.1, -0.05) is 37.1 Å². The predicted octanol–water partition coefficient (Wildman–Crippen LogP) is 1.08. The van der Waals surface area contributed by atoms with E-state index in [2.05, 4.69) is 0 Å². The molecule has 0 fully saturated rings. The maximum atomic E-state index is 9.93. The van der Waals surface area contributed by atoms with Crippen molar-refractivity contribution in [1.29, 1.82) is 0 Å². The van der Waals surface area contributed by atoms with Gasteiger partial charge in [0.2, 0.25) is 0 Å². The molecule has 3 heteroatoms. The van der Waals surface area contributed by atoms with Crippen molar-refractivity contribution in [3.63, 3.8) is 0 Å². The molecule has 1 atom stereocenters. The van der Waals surface area contributed by atoms with E-state index in [9.17, 15) is 8.76 Å². The fourth-order valence-electron chi connectivity index (χ4n) is 0.406. The van der Waals surface area contributed by atoms with Crippen LogP contribution in [0.2, 0.25) is 0 Å². The third-order valence-electron chi connectivity index (χ3n) is 0.753. The standard InChI is InChI=1S/C6H12O2S/c1-6(2)4-3-5-9(7)8/h3-4,6H,5H2,1-2H3,(H,7,8)/p-1. The van der Waals surface area contributed by atoms with Gasteiger partial charge in [0.05, 0.1) is 0 Å². The van der Waals surface area contributed by atoms with Crippen LogP contribution in [-0.4, -0.2) is 14.5 Å². The molecule has 0 aliphatic heterocycles. The van der Waals surface area contributed by atoms with Gasteiger partial charge in [-0.25, -0.2) is 0 Å². The average molecular weight is 147 g/mol. The molecule has 1 unspecified atom stereocenters. The summed E-state index contributed by atoms with van der Waals surface area (Å²) < 4.78 is 19.9. The summed E-state index contributed by atoms with van der Waals surface area (Å²) in [5.74, 6) is 0.576. The first-order chi connectivity index (χ1) is 4.13. The molecule has 0 saturated heterocycles. The van der Waals surface area contributed by atoms with Crippen molar-refractivity contribution in [2.75, 3.05) is 5.75 Å². The summed E-state index contributed by atoms with van der Waals surface area (Å²) in [7, 11) is 0. The summed E-state index contributed by atoms with van der Waals surface area (Å²) in [6.45, 7) is 4.01. The molecule has 0 saturated carbocycles. The summed E-state index contributed by atoms with van der Waals surface area (Å²) in [6.07, 6.45) is 3.53. The third kappa shape index (κ3) is 7.85. The summed E-state index contributed by atoms with van der Waals surface area (Å²) >= 11 is -1.92. The molecule has 0 aliphatic rings. The Hall–Kier alpha value is -0.150. The molecule has 0 bridgehead atoms. The fraction of sp³-hybridized carbons (Fsp3) is 0.667. The van der Waals surface area contributed by atoms with Crippen molar-refractivity contribution in [2.24, 2.45) is 5.92 Å². The highest BCUT2D eigenvalue weighted by molar-refractivity contribution is 7.79. The van der Waals surface area contributed by atoms with Crippen molar-refractivity contribution in [2.45, 2.75) is 13.8 Å². The molecule has 9 heavy (non-hydrogen) atoms. The Morgan fingerprint density at radius 1 is 1.67 bits per heavy atom. The van der Waals surface area contributed by atoms with Crippen LogP contribution in [0.4, 0.5) is 0 Å². The topological polar surface area (TPSA) is 40.1 Å². The molecule has 0 N–H and O–H groups in total. The lowest BCUT2D eigenvalue weighted by Crippen LogP contribution is -1.90. The number of rotatable bonds is 3. The molecule has 0 spiro atoms. The minimum Gasteiger partial charge on any atom is -0.772 e. The number of allylic oxidation sites excluding steroid dienone is 1. The van der Waals surface area contributed by atoms with E-state index in [0.717, 1.165) is 0 Å². The first-order valence-electron chi connectivity index (χ1n) is 2.85. The van der Waals surface area contributed by atoms with Crippen molar-refractivity contribution in [3.8, 4) is 0 Å². The van der Waals surface area contributed by atoms with Gasteiger partial charge in [-0.05, 0) is 5.92 Å². The lowest BCUT2D eigenvalue weighted by atomic mass is 10.2. The molecule has 0 heterocycles. The van der Waals surface area contributed by atoms with E-state index in [4.69, 9.17) is 0 Å². The van der Waals surface area contributed by atoms with Crippen molar-refractivity contribution in [1.82, 2.24) is 0 Å². The summed E-state index contributed by atoms with van der Waals surface area (Å²) in [4.78, 5) is 0. The Balaban J connectivity index is 3.36. The van der Waals surface area contributed by atoms with Crippen LogP contribution in [0.25, 0.3) is 0 Å². The first-order valence-corrected chi connectivity index (χ1v) is 4.10. The highest BCUT2D eigenvalue weighted by Gasteiger charge is 1.81. The van der Waals surface area contributed by atoms with Crippen LogP contribution in [0, 0.1) is 5.92 Å². The molecule has 0 aromatic carbocycles. The van der Waals surface area contributed by atoms with Gasteiger partial charge in [-0.15, -0.1) is 0 Å². The van der Waals surface area contributed by atoms with Gasteiger partial charge in [0.25, 0.3) is 0 Å². The number of hydrogen-bond acceptors (Lipinski definition) is 2. The molecule has 0 amide bonds.